The first-order chi connectivity index (χ1) is 10.7. The zero-order chi connectivity index (χ0) is 15.5. The predicted molar refractivity (Wildman–Crippen MR) is 95.6 cm³/mol. The Balaban J connectivity index is 1.75. The molecule has 3 heterocycles. The molecule has 0 unspecified atom stereocenters. The van der Waals surface area contributed by atoms with E-state index in [0.29, 0.717) is 6.04 Å². The molecule has 2 aliphatic heterocycles. The molecule has 2 fully saturated rings. The van der Waals surface area contributed by atoms with Crippen molar-refractivity contribution in [3.05, 3.63) is 11.6 Å². The van der Waals surface area contributed by atoms with Gasteiger partial charge in [-0.2, -0.15) is 0 Å². The van der Waals surface area contributed by atoms with Gasteiger partial charge in [0.15, 0.2) is 0 Å². The average molecular weight is 324 g/mol. The molecule has 0 aliphatic carbocycles. The highest BCUT2D eigenvalue weighted by Gasteiger charge is 2.25. The topological polar surface area (TPSA) is 19.0 Å². The van der Waals surface area contributed by atoms with E-state index >= 15 is 0 Å². The standard InChI is InChI=1S/C17H29N3OS/c1-4-20(15-5-11-21-12-6-15)17-14(2)13-16(22-17)19-9-7-18(3)8-10-19/h13,15H,4-12H2,1-3H3. The third-order valence-corrected chi connectivity index (χ3v) is 6.26. The normalized spacial score (nSPS) is 21.3. The number of likely N-dealkylation sites (N-methyl/N-ethyl adjacent to an activating group) is 1. The van der Waals surface area contributed by atoms with Gasteiger partial charge in [-0.15, -0.1) is 11.3 Å². The van der Waals surface area contributed by atoms with Crippen LogP contribution in [0.4, 0.5) is 10.0 Å². The number of rotatable bonds is 4. The van der Waals surface area contributed by atoms with Crippen molar-refractivity contribution < 1.29 is 4.74 Å². The highest BCUT2D eigenvalue weighted by atomic mass is 32.1. The van der Waals surface area contributed by atoms with Crippen LogP contribution in [0.5, 0.6) is 0 Å². The fraction of sp³-hybridized carbons (Fsp3) is 0.765. The van der Waals surface area contributed by atoms with Gasteiger partial charge in [0.05, 0.1) is 10.0 Å². The van der Waals surface area contributed by atoms with Crippen LogP contribution < -0.4 is 9.80 Å². The molecule has 0 amide bonds. The van der Waals surface area contributed by atoms with Crippen molar-refractivity contribution in [1.29, 1.82) is 0 Å². The lowest BCUT2D eigenvalue weighted by Gasteiger charge is -2.35. The van der Waals surface area contributed by atoms with Crippen LogP contribution in [0.2, 0.25) is 0 Å². The third-order valence-electron chi connectivity index (χ3n) is 4.93. The Kier molecular flexibility index (Phi) is 5.26. The minimum atomic E-state index is 0.649. The lowest BCUT2D eigenvalue weighted by atomic mass is 10.1. The number of ether oxygens (including phenoxy) is 1. The van der Waals surface area contributed by atoms with E-state index in [2.05, 4.69) is 41.7 Å². The van der Waals surface area contributed by atoms with Crippen molar-refractivity contribution in [3.63, 3.8) is 0 Å². The summed E-state index contributed by atoms with van der Waals surface area (Å²) in [6, 6.07) is 3.05. The highest BCUT2D eigenvalue weighted by molar-refractivity contribution is 7.20. The molecule has 1 aromatic rings. The lowest BCUT2D eigenvalue weighted by Crippen LogP contribution is -2.44. The maximum absolute atomic E-state index is 5.53. The molecule has 0 bridgehead atoms. The Morgan fingerprint density at radius 2 is 1.91 bits per heavy atom. The summed E-state index contributed by atoms with van der Waals surface area (Å²) in [5.74, 6) is 0. The van der Waals surface area contributed by atoms with E-state index in [9.17, 15) is 0 Å². The third kappa shape index (κ3) is 3.42. The molecule has 0 atom stereocenters. The van der Waals surface area contributed by atoms with Crippen LogP contribution >= 0.6 is 11.3 Å². The van der Waals surface area contributed by atoms with E-state index in [-0.39, 0.29) is 0 Å². The van der Waals surface area contributed by atoms with Crippen LogP contribution in [0.25, 0.3) is 0 Å². The zero-order valence-electron chi connectivity index (χ0n) is 14.2. The first kappa shape index (κ1) is 16.1. The Morgan fingerprint density at radius 3 is 2.55 bits per heavy atom. The average Bonchev–Trinajstić information content (AvgIpc) is 2.92. The van der Waals surface area contributed by atoms with Gasteiger partial charge in [0.25, 0.3) is 0 Å². The van der Waals surface area contributed by atoms with Crippen molar-refractivity contribution in [2.24, 2.45) is 0 Å². The van der Waals surface area contributed by atoms with Gasteiger partial charge in [-0.05, 0) is 45.4 Å². The molecule has 124 valence electrons. The molecule has 1 aromatic heterocycles. The van der Waals surface area contributed by atoms with Gasteiger partial charge in [-0.25, -0.2) is 0 Å². The molecule has 5 heteroatoms. The van der Waals surface area contributed by atoms with Crippen molar-refractivity contribution >= 4 is 21.3 Å². The summed E-state index contributed by atoms with van der Waals surface area (Å²) in [5.41, 5.74) is 1.44. The van der Waals surface area contributed by atoms with Crippen molar-refractivity contribution in [3.8, 4) is 0 Å². The van der Waals surface area contributed by atoms with E-state index in [1.807, 2.05) is 11.3 Å². The van der Waals surface area contributed by atoms with Gasteiger partial charge in [0, 0.05) is 52.0 Å². The van der Waals surface area contributed by atoms with Crippen LogP contribution in [0, 0.1) is 6.92 Å². The molecule has 0 spiro atoms. The minimum Gasteiger partial charge on any atom is -0.381 e. The predicted octanol–water partition coefficient (Wildman–Crippen LogP) is 2.81. The number of hydrogen-bond acceptors (Lipinski definition) is 5. The molecular weight excluding hydrogens is 294 g/mol. The van der Waals surface area contributed by atoms with Crippen LogP contribution in [0.15, 0.2) is 6.07 Å². The summed E-state index contributed by atoms with van der Waals surface area (Å²) in [7, 11) is 2.21. The molecule has 0 saturated carbocycles. The van der Waals surface area contributed by atoms with Gasteiger partial charge >= 0.3 is 0 Å². The number of piperazine rings is 1. The molecular formula is C17H29N3OS. The van der Waals surface area contributed by atoms with Crippen LogP contribution in [-0.4, -0.2) is 63.9 Å². The summed E-state index contributed by atoms with van der Waals surface area (Å²) in [5, 5.41) is 2.93. The number of anilines is 2. The second-order valence-corrected chi connectivity index (χ2v) is 7.50. The summed E-state index contributed by atoms with van der Waals surface area (Å²) < 4.78 is 5.53. The Bertz CT molecular complexity index is 476. The minimum absolute atomic E-state index is 0.649. The molecule has 2 saturated heterocycles. The van der Waals surface area contributed by atoms with E-state index in [0.717, 1.165) is 45.7 Å². The molecule has 22 heavy (non-hydrogen) atoms. The maximum Gasteiger partial charge on any atom is 0.0962 e. The largest absolute Gasteiger partial charge is 0.381 e. The number of thiophene rings is 1. The van der Waals surface area contributed by atoms with Gasteiger partial charge in [0.2, 0.25) is 0 Å². The molecule has 0 aromatic carbocycles. The molecule has 2 aliphatic rings. The maximum atomic E-state index is 5.53. The number of aryl methyl sites for hydroxylation is 1. The monoisotopic (exact) mass is 323 g/mol. The molecule has 0 radical (unpaired) electrons. The van der Waals surface area contributed by atoms with Crippen LogP contribution in [0.1, 0.15) is 25.3 Å². The summed E-state index contributed by atoms with van der Waals surface area (Å²) >= 11 is 1.99. The van der Waals surface area contributed by atoms with Gasteiger partial charge in [-0.3, -0.25) is 0 Å². The molecule has 4 nitrogen and oxygen atoms in total. The second kappa shape index (κ2) is 7.20. The summed E-state index contributed by atoms with van der Waals surface area (Å²) in [4.78, 5) is 7.58. The van der Waals surface area contributed by atoms with Gasteiger partial charge in [0.1, 0.15) is 0 Å². The first-order valence-corrected chi connectivity index (χ1v) is 9.39. The lowest BCUT2D eigenvalue weighted by molar-refractivity contribution is 0.0847. The van der Waals surface area contributed by atoms with Gasteiger partial charge < -0.3 is 19.4 Å². The summed E-state index contributed by atoms with van der Waals surface area (Å²) in [6.45, 7) is 12.1. The van der Waals surface area contributed by atoms with E-state index in [4.69, 9.17) is 4.74 Å². The van der Waals surface area contributed by atoms with Crippen LogP contribution in [0.3, 0.4) is 0 Å². The van der Waals surface area contributed by atoms with Gasteiger partial charge in [-0.1, -0.05) is 0 Å². The van der Waals surface area contributed by atoms with Crippen molar-refractivity contribution in [1.82, 2.24) is 4.90 Å². The highest BCUT2D eigenvalue weighted by Crippen LogP contribution is 2.39. The van der Waals surface area contributed by atoms with E-state index in [1.54, 1.807) is 0 Å². The zero-order valence-corrected chi connectivity index (χ0v) is 15.0. The van der Waals surface area contributed by atoms with Crippen molar-refractivity contribution in [2.45, 2.75) is 32.7 Å². The molecule has 0 N–H and O–H groups in total. The SMILES string of the molecule is CCN(c1sc(N2CCN(C)CC2)cc1C)C1CCOCC1. The Labute approximate surface area is 138 Å². The first-order valence-electron chi connectivity index (χ1n) is 8.57. The quantitative estimate of drug-likeness (QED) is 0.848. The number of hydrogen-bond donors (Lipinski definition) is 0. The Morgan fingerprint density at radius 1 is 1.23 bits per heavy atom. The fourth-order valence-corrected chi connectivity index (χ4v) is 4.85. The summed E-state index contributed by atoms with van der Waals surface area (Å²) in [6.07, 6.45) is 2.32. The smallest absolute Gasteiger partial charge is 0.0962 e. The van der Waals surface area contributed by atoms with Crippen molar-refractivity contribution in [2.75, 3.05) is 62.8 Å². The van der Waals surface area contributed by atoms with E-state index in [1.165, 1.54) is 28.7 Å². The molecule has 3 rings (SSSR count). The second-order valence-electron chi connectivity index (χ2n) is 6.49. The number of nitrogens with zero attached hydrogens (tertiary/aromatic N) is 3. The Hall–Kier alpha value is -0.780. The van der Waals surface area contributed by atoms with E-state index < -0.39 is 0 Å². The fourth-order valence-electron chi connectivity index (χ4n) is 3.49. The van der Waals surface area contributed by atoms with Crippen LogP contribution in [-0.2, 0) is 4.74 Å².